The van der Waals surface area contributed by atoms with Gasteiger partial charge in [0.05, 0.1) is 39.1 Å². The Morgan fingerprint density at radius 2 is 1.63 bits per heavy atom. The molecule has 0 spiro atoms. The number of carbonyl (C=O) groups excluding carboxylic acids is 1. The molecule has 0 aliphatic rings. The second-order valence-electron chi connectivity index (χ2n) is 7.72. The predicted molar refractivity (Wildman–Crippen MR) is 106 cm³/mol. The summed E-state index contributed by atoms with van der Waals surface area (Å²) < 4.78 is 26.9. The Bertz CT molecular complexity index is 346. The van der Waals surface area contributed by atoms with Crippen LogP contribution in [-0.2, 0) is 28.5 Å². The van der Waals surface area contributed by atoms with Crippen LogP contribution in [0.3, 0.4) is 0 Å². The van der Waals surface area contributed by atoms with E-state index in [0.717, 1.165) is 19.3 Å². The molecule has 7 heteroatoms. The minimum Gasteiger partial charge on any atom is -0.382 e. The van der Waals surface area contributed by atoms with E-state index in [1.165, 1.54) is 0 Å². The predicted octanol–water partition coefficient (Wildman–Crippen LogP) is 2.42. The molecule has 1 atom stereocenters. The fourth-order valence-electron chi connectivity index (χ4n) is 2.17. The Balaban J connectivity index is 3.78. The summed E-state index contributed by atoms with van der Waals surface area (Å²) in [5.41, 5.74) is 0.186. The van der Waals surface area contributed by atoms with Gasteiger partial charge >= 0.3 is 0 Å². The van der Waals surface area contributed by atoms with Gasteiger partial charge in [-0.05, 0) is 24.7 Å². The summed E-state index contributed by atoms with van der Waals surface area (Å²) >= 11 is 0. The van der Waals surface area contributed by atoms with Crippen molar-refractivity contribution in [3.63, 3.8) is 0 Å². The third-order valence-electron chi connectivity index (χ3n) is 3.85. The Morgan fingerprint density at radius 1 is 0.926 bits per heavy atom. The van der Waals surface area contributed by atoms with Gasteiger partial charge in [-0.15, -0.1) is 0 Å². The average molecular weight is 392 g/mol. The van der Waals surface area contributed by atoms with Crippen molar-refractivity contribution >= 4 is 5.91 Å². The van der Waals surface area contributed by atoms with Gasteiger partial charge in [0, 0.05) is 40.4 Å². The normalized spacial score (nSPS) is 12.9. The van der Waals surface area contributed by atoms with Crippen LogP contribution in [0, 0.1) is 5.41 Å². The van der Waals surface area contributed by atoms with Crippen LogP contribution in [0.2, 0.25) is 0 Å². The van der Waals surface area contributed by atoms with Crippen molar-refractivity contribution in [3.8, 4) is 0 Å². The minimum absolute atomic E-state index is 0.0240. The van der Waals surface area contributed by atoms with Gasteiger partial charge in [-0.2, -0.15) is 0 Å². The largest absolute Gasteiger partial charge is 0.382 e. The summed E-state index contributed by atoms with van der Waals surface area (Å²) in [6, 6.07) is 0. The molecular formula is C20H41NO6. The highest BCUT2D eigenvalue weighted by Crippen LogP contribution is 2.20. The van der Waals surface area contributed by atoms with Crippen molar-refractivity contribution in [1.82, 2.24) is 5.32 Å². The van der Waals surface area contributed by atoms with E-state index in [4.69, 9.17) is 23.7 Å². The number of methoxy groups -OCH3 is 2. The van der Waals surface area contributed by atoms with Gasteiger partial charge in [-0.1, -0.05) is 20.8 Å². The molecule has 7 nitrogen and oxygen atoms in total. The highest BCUT2D eigenvalue weighted by molar-refractivity contribution is 5.75. The summed E-state index contributed by atoms with van der Waals surface area (Å²) in [6.07, 6.45) is 2.99. The molecule has 0 aliphatic heterocycles. The maximum atomic E-state index is 11.8. The highest BCUT2D eigenvalue weighted by atomic mass is 16.6. The fraction of sp³-hybridized carbons (Fsp3) is 0.950. The maximum Gasteiger partial charge on any atom is 0.220 e. The Labute approximate surface area is 165 Å². The van der Waals surface area contributed by atoms with Crippen LogP contribution in [0.1, 0.15) is 46.5 Å². The molecular weight excluding hydrogens is 350 g/mol. The summed E-state index contributed by atoms with van der Waals surface area (Å²) in [4.78, 5) is 11.8. The van der Waals surface area contributed by atoms with Crippen molar-refractivity contribution in [2.75, 3.05) is 67.0 Å². The van der Waals surface area contributed by atoms with Crippen LogP contribution in [0.25, 0.3) is 0 Å². The number of ether oxygens (including phenoxy) is 5. The highest BCUT2D eigenvalue weighted by Gasteiger charge is 2.13. The van der Waals surface area contributed by atoms with E-state index in [9.17, 15) is 4.79 Å². The van der Waals surface area contributed by atoms with Crippen molar-refractivity contribution in [3.05, 3.63) is 0 Å². The van der Waals surface area contributed by atoms with Crippen LogP contribution in [0.5, 0.6) is 0 Å². The monoisotopic (exact) mass is 391 g/mol. The Hall–Kier alpha value is -0.730. The van der Waals surface area contributed by atoms with Crippen molar-refractivity contribution in [2.24, 2.45) is 5.41 Å². The molecule has 0 saturated heterocycles. The second kappa shape index (κ2) is 17.4. The molecule has 0 aromatic rings. The lowest BCUT2D eigenvalue weighted by Crippen LogP contribution is -2.27. The van der Waals surface area contributed by atoms with Gasteiger partial charge in [-0.25, -0.2) is 0 Å². The molecule has 0 saturated carbocycles. The zero-order valence-corrected chi connectivity index (χ0v) is 18.0. The minimum atomic E-state index is -0.0240. The van der Waals surface area contributed by atoms with E-state index in [0.29, 0.717) is 59.2 Å². The van der Waals surface area contributed by atoms with Gasteiger partial charge in [0.2, 0.25) is 5.91 Å². The van der Waals surface area contributed by atoms with Crippen LogP contribution in [0.4, 0.5) is 0 Å². The first-order chi connectivity index (χ1) is 12.9. The van der Waals surface area contributed by atoms with Gasteiger partial charge < -0.3 is 29.0 Å². The molecule has 27 heavy (non-hydrogen) atoms. The zero-order valence-electron chi connectivity index (χ0n) is 18.0. The van der Waals surface area contributed by atoms with Gasteiger partial charge in [-0.3, -0.25) is 4.79 Å². The lowest BCUT2D eigenvalue weighted by Gasteiger charge is -2.18. The maximum absolute atomic E-state index is 11.8. The summed E-state index contributed by atoms with van der Waals surface area (Å²) in [6.45, 7) is 11.0. The topological polar surface area (TPSA) is 75.2 Å². The van der Waals surface area contributed by atoms with E-state index in [1.807, 2.05) is 0 Å². The summed E-state index contributed by atoms with van der Waals surface area (Å²) in [7, 11) is 3.30. The second-order valence-corrected chi connectivity index (χ2v) is 7.72. The fourth-order valence-corrected chi connectivity index (χ4v) is 2.17. The molecule has 1 unspecified atom stereocenters. The molecule has 0 aliphatic carbocycles. The van der Waals surface area contributed by atoms with Crippen LogP contribution >= 0.6 is 0 Å². The van der Waals surface area contributed by atoms with Crippen molar-refractivity contribution in [1.29, 1.82) is 0 Å². The molecule has 0 rings (SSSR count). The number of nitrogens with one attached hydrogen (secondary N) is 1. The van der Waals surface area contributed by atoms with Gasteiger partial charge in [0.1, 0.15) is 0 Å². The standard InChI is InChI=1S/C20H41NO6/c1-20(2,3)9-7-19(22)21-10-6-11-26-17-18(27-16-14-24-5)8-12-25-15-13-23-4/h18H,6-17H2,1-5H3,(H,21,22). The quantitative estimate of drug-likeness (QED) is 0.362. The molecule has 0 aromatic carbocycles. The van der Waals surface area contributed by atoms with E-state index in [-0.39, 0.29) is 17.4 Å². The first kappa shape index (κ1) is 26.3. The molecule has 162 valence electrons. The number of hydrogen-bond acceptors (Lipinski definition) is 6. The molecule has 1 amide bonds. The van der Waals surface area contributed by atoms with Gasteiger partial charge in [0.25, 0.3) is 0 Å². The first-order valence-corrected chi connectivity index (χ1v) is 9.90. The van der Waals surface area contributed by atoms with Gasteiger partial charge in [0.15, 0.2) is 0 Å². The van der Waals surface area contributed by atoms with Crippen LogP contribution in [-0.4, -0.2) is 79.0 Å². The number of hydrogen-bond donors (Lipinski definition) is 1. The van der Waals surface area contributed by atoms with Crippen LogP contribution in [0.15, 0.2) is 0 Å². The van der Waals surface area contributed by atoms with E-state index < -0.39 is 0 Å². The van der Waals surface area contributed by atoms with E-state index >= 15 is 0 Å². The average Bonchev–Trinajstić information content (AvgIpc) is 2.61. The van der Waals surface area contributed by atoms with Crippen molar-refractivity contribution in [2.45, 2.75) is 52.6 Å². The van der Waals surface area contributed by atoms with E-state index in [1.54, 1.807) is 14.2 Å². The molecule has 1 N–H and O–H groups in total. The van der Waals surface area contributed by atoms with E-state index in [2.05, 4.69) is 26.1 Å². The smallest absolute Gasteiger partial charge is 0.220 e. The Morgan fingerprint density at radius 3 is 2.30 bits per heavy atom. The molecule has 0 radical (unpaired) electrons. The number of amides is 1. The summed E-state index contributed by atoms with van der Waals surface area (Å²) in [5, 5.41) is 2.94. The molecule has 0 fully saturated rings. The lowest BCUT2D eigenvalue weighted by atomic mass is 9.90. The summed E-state index contributed by atoms with van der Waals surface area (Å²) in [5.74, 6) is 0.110. The number of rotatable bonds is 18. The first-order valence-electron chi connectivity index (χ1n) is 9.90. The third kappa shape index (κ3) is 19.8. The SMILES string of the molecule is COCCOCCC(COCCCNC(=O)CCC(C)(C)C)OCCOC. The van der Waals surface area contributed by atoms with Crippen LogP contribution < -0.4 is 5.32 Å². The Kier molecular flexibility index (Phi) is 16.9. The molecule has 0 heterocycles. The lowest BCUT2D eigenvalue weighted by molar-refractivity contribution is -0.121. The van der Waals surface area contributed by atoms with Crippen molar-refractivity contribution < 1.29 is 28.5 Å². The number of carbonyl (C=O) groups is 1. The zero-order chi connectivity index (χ0) is 20.4. The molecule has 0 bridgehead atoms. The molecule has 0 aromatic heterocycles. The third-order valence-corrected chi connectivity index (χ3v) is 3.85.